The number of anilines is 1. The van der Waals surface area contributed by atoms with E-state index in [2.05, 4.69) is 31.4 Å². The van der Waals surface area contributed by atoms with Crippen molar-refractivity contribution in [1.82, 2.24) is 10.2 Å². The van der Waals surface area contributed by atoms with E-state index in [4.69, 9.17) is 5.73 Å². The van der Waals surface area contributed by atoms with Crippen molar-refractivity contribution in [1.29, 1.82) is 0 Å². The molecule has 1 spiro atoms. The molecule has 2 heterocycles. The van der Waals surface area contributed by atoms with Crippen LogP contribution in [0.15, 0.2) is 0 Å². The lowest BCUT2D eigenvalue weighted by molar-refractivity contribution is -0.136. The molecule has 2 unspecified atom stereocenters. The van der Waals surface area contributed by atoms with Gasteiger partial charge in [-0.1, -0.05) is 20.8 Å². The number of nitrogens with two attached hydrogens (primary N) is 1. The molecule has 9 heteroatoms. The van der Waals surface area contributed by atoms with Gasteiger partial charge in [0.25, 0.3) is 11.8 Å². The number of rotatable bonds is 4. The molecule has 4 N–H and O–H groups in total. The first-order chi connectivity index (χ1) is 13.3. The lowest BCUT2D eigenvalue weighted by Crippen LogP contribution is -2.54. The topological polar surface area (TPSA) is 122 Å². The molecule has 0 bridgehead atoms. The van der Waals surface area contributed by atoms with Crippen molar-refractivity contribution < 1.29 is 19.2 Å². The molecule has 0 radical (unpaired) electrons. The maximum atomic E-state index is 13.1. The zero-order valence-corrected chi connectivity index (χ0v) is 18.3. The van der Waals surface area contributed by atoms with Gasteiger partial charge in [-0.25, -0.2) is 4.79 Å². The molecule has 1 aromatic rings. The highest BCUT2D eigenvalue weighted by molar-refractivity contribution is 7.16. The first kappa shape index (κ1) is 21.3. The summed E-state index contributed by atoms with van der Waals surface area (Å²) in [7, 11) is 0. The fourth-order valence-corrected chi connectivity index (χ4v) is 6.05. The average molecular weight is 421 g/mol. The van der Waals surface area contributed by atoms with E-state index in [0.717, 1.165) is 16.2 Å². The molecule has 5 amide bonds. The second kappa shape index (κ2) is 7.12. The van der Waals surface area contributed by atoms with Gasteiger partial charge in [0.15, 0.2) is 0 Å². The third-order valence-corrected chi connectivity index (χ3v) is 6.93. The van der Waals surface area contributed by atoms with Crippen LogP contribution in [0.4, 0.5) is 9.80 Å². The number of thiophene rings is 1. The van der Waals surface area contributed by atoms with Crippen molar-refractivity contribution in [2.75, 3.05) is 11.9 Å². The van der Waals surface area contributed by atoms with Gasteiger partial charge in [-0.15, -0.1) is 11.3 Å². The number of carbonyl (C=O) groups excluding carboxylic acids is 4. The van der Waals surface area contributed by atoms with Crippen molar-refractivity contribution in [3.8, 4) is 0 Å². The number of nitrogens with zero attached hydrogens (tertiary/aromatic N) is 1. The summed E-state index contributed by atoms with van der Waals surface area (Å²) in [6.07, 6.45) is 2.09. The SMILES string of the molecule is Cc1sc(NC(=O)CN2C(=O)NC3(CC(C)CC(C)(C)C3)C2=O)c(C(N)=O)c1C. The lowest BCUT2D eigenvalue weighted by atomic mass is 9.64. The minimum Gasteiger partial charge on any atom is -0.365 e. The summed E-state index contributed by atoms with van der Waals surface area (Å²) in [6, 6.07) is -0.552. The minimum atomic E-state index is -0.951. The molecule has 0 aromatic carbocycles. The molecule has 158 valence electrons. The van der Waals surface area contributed by atoms with E-state index in [1.165, 1.54) is 11.3 Å². The Morgan fingerprint density at radius 2 is 1.93 bits per heavy atom. The molecule has 8 nitrogen and oxygen atoms in total. The monoisotopic (exact) mass is 420 g/mol. The second-order valence-electron chi connectivity index (χ2n) is 9.16. The Hall–Kier alpha value is -2.42. The predicted molar refractivity (Wildman–Crippen MR) is 111 cm³/mol. The van der Waals surface area contributed by atoms with Crippen LogP contribution < -0.4 is 16.4 Å². The summed E-state index contributed by atoms with van der Waals surface area (Å²) in [4.78, 5) is 51.8. The standard InChI is InChI=1S/C20H28N4O4S/c1-10-6-19(4,5)9-20(7-10)17(27)24(18(28)23-20)8-13(25)22-16-14(15(21)26)11(2)12(3)29-16/h10H,6-9H2,1-5H3,(H2,21,26)(H,22,25)(H,23,28). The summed E-state index contributed by atoms with van der Waals surface area (Å²) in [5.41, 5.74) is 5.37. The van der Waals surface area contributed by atoms with Gasteiger partial charge in [0.2, 0.25) is 5.91 Å². The normalized spacial score (nSPS) is 26.0. The van der Waals surface area contributed by atoms with Gasteiger partial charge >= 0.3 is 6.03 Å². The number of urea groups is 1. The Bertz CT molecular complexity index is 907. The quantitative estimate of drug-likeness (QED) is 0.648. The van der Waals surface area contributed by atoms with Crippen LogP contribution in [-0.4, -0.2) is 40.7 Å². The van der Waals surface area contributed by atoms with Crippen LogP contribution in [0.3, 0.4) is 0 Å². The van der Waals surface area contributed by atoms with Gasteiger partial charge in [-0.2, -0.15) is 0 Å². The Kier molecular flexibility index (Phi) is 5.23. The number of amides is 5. The van der Waals surface area contributed by atoms with E-state index in [9.17, 15) is 19.2 Å². The Balaban J connectivity index is 1.77. The van der Waals surface area contributed by atoms with Crippen LogP contribution in [0.1, 0.15) is 60.8 Å². The average Bonchev–Trinajstić information content (AvgIpc) is 2.93. The number of aryl methyl sites for hydroxylation is 1. The van der Waals surface area contributed by atoms with Gasteiger partial charge in [-0.05, 0) is 50.0 Å². The molecule has 2 fully saturated rings. The zero-order chi connectivity index (χ0) is 21.7. The van der Waals surface area contributed by atoms with Crippen molar-refractivity contribution in [3.63, 3.8) is 0 Å². The molecule has 2 atom stereocenters. The summed E-state index contributed by atoms with van der Waals surface area (Å²) >= 11 is 1.24. The Morgan fingerprint density at radius 3 is 2.52 bits per heavy atom. The summed E-state index contributed by atoms with van der Waals surface area (Å²) in [6.45, 7) is 9.43. The maximum absolute atomic E-state index is 13.1. The van der Waals surface area contributed by atoms with E-state index in [1.807, 2.05) is 6.92 Å². The predicted octanol–water partition coefficient (Wildman–Crippen LogP) is 2.54. The van der Waals surface area contributed by atoms with Crippen molar-refractivity contribution in [3.05, 3.63) is 16.0 Å². The fourth-order valence-electron chi connectivity index (χ4n) is 4.97. The number of imide groups is 1. The highest BCUT2D eigenvalue weighted by Gasteiger charge is 2.56. The first-order valence-electron chi connectivity index (χ1n) is 9.69. The van der Waals surface area contributed by atoms with E-state index in [-0.39, 0.29) is 22.8 Å². The van der Waals surface area contributed by atoms with Crippen LogP contribution in [0, 0.1) is 25.2 Å². The maximum Gasteiger partial charge on any atom is 0.325 e. The largest absolute Gasteiger partial charge is 0.365 e. The molecular formula is C20H28N4O4S. The zero-order valence-electron chi connectivity index (χ0n) is 17.5. The van der Waals surface area contributed by atoms with Crippen LogP contribution in [0.2, 0.25) is 0 Å². The summed E-state index contributed by atoms with van der Waals surface area (Å²) < 4.78 is 0. The second-order valence-corrected chi connectivity index (χ2v) is 10.4. The van der Waals surface area contributed by atoms with Crippen LogP contribution >= 0.6 is 11.3 Å². The Labute approximate surface area is 174 Å². The van der Waals surface area contributed by atoms with E-state index in [1.54, 1.807) is 6.92 Å². The first-order valence-corrected chi connectivity index (χ1v) is 10.5. The van der Waals surface area contributed by atoms with Gasteiger partial charge in [0.05, 0.1) is 5.56 Å². The minimum absolute atomic E-state index is 0.0821. The Morgan fingerprint density at radius 1 is 1.28 bits per heavy atom. The molecule has 1 saturated heterocycles. The van der Waals surface area contributed by atoms with Crippen molar-refractivity contribution in [2.45, 2.75) is 59.4 Å². The summed E-state index contributed by atoms with van der Waals surface area (Å²) in [5.74, 6) is -1.25. The van der Waals surface area contributed by atoms with Crippen LogP contribution in [-0.2, 0) is 9.59 Å². The molecular weight excluding hydrogens is 392 g/mol. The molecule has 1 aromatic heterocycles. The third-order valence-electron chi connectivity index (χ3n) is 5.81. The van der Waals surface area contributed by atoms with E-state index in [0.29, 0.717) is 23.4 Å². The van der Waals surface area contributed by atoms with Gasteiger partial charge in [0.1, 0.15) is 17.1 Å². The highest BCUT2D eigenvalue weighted by Crippen LogP contribution is 2.46. The third kappa shape index (κ3) is 3.88. The smallest absolute Gasteiger partial charge is 0.325 e. The van der Waals surface area contributed by atoms with Crippen molar-refractivity contribution in [2.24, 2.45) is 17.1 Å². The van der Waals surface area contributed by atoms with Crippen LogP contribution in [0.25, 0.3) is 0 Å². The number of hydrogen-bond donors (Lipinski definition) is 3. The van der Waals surface area contributed by atoms with E-state index >= 15 is 0 Å². The molecule has 29 heavy (non-hydrogen) atoms. The van der Waals surface area contributed by atoms with Gasteiger partial charge in [0, 0.05) is 4.88 Å². The van der Waals surface area contributed by atoms with Crippen molar-refractivity contribution >= 4 is 40.1 Å². The number of primary amides is 1. The number of nitrogens with one attached hydrogen (secondary N) is 2. The van der Waals surface area contributed by atoms with Crippen LogP contribution in [0.5, 0.6) is 0 Å². The highest BCUT2D eigenvalue weighted by atomic mass is 32.1. The molecule has 1 saturated carbocycles. The number of hydrogen-bond acceptors (Lipinski definition) is 5. The van der Waals surface area contributed by atoms with E-state index < -0.39 is 29.9 Å². The molecule has 1 aliphatic heterocycles. The number of carbonyl (C=O) groups is 4. The van der Waals surface area contributed by atoms with Gasteiger partial charge < -0.3 is 16.4 Å². The molecule has 1 aliphatic carbocycles. The molecule has 3 rings (SSSR count). The fraction of sp³-hybridized carbons (Fsp3) is 0.600. The summed E-state index contributed by atoms with van der Waals surface area (Å²) in [5, 5.41) is 5.84. The molecule has 2 aliphatic rings. The van der Waals surface area contributed by atoms with Gasteiger partial charge in [-0.3, -0.25) is 19.3 Å². The lowest BCUT2D eigenvalue weighted by Gasteiger charge is -2.43.